The number of benzene rings is 1. The quantitative estimate of drug-likeness (QED) is 0.934. The zero-order valence-corrected chi connectivity index (χ0v) is 12.8. The monoisotopic (exact) mass is 331 g/mol. The molecular weight excluding hydrogens is 321 g/mol. The summed E-state index contributed by atoms with van der Waals surface area (Å²) in [5, 5.41) is 7.81. The van der Waals surface area contributed by atoms with Crippen LogP contribution in [0.5, 0.6) is 0 Å². The van der Waals surface area contributed by atoms with Crippen molar-refractivity contribution >= 4 is 39.0 Å². The minimum atomic E-state index is -3.81. The highest BCUT2D eigenvalue weighted by atomic mass is 35.5. The van der Waals surface area contributed by atoms with Crippen LogP contribution in [-0.2, 0) is 16.4 Å². The van der Waals surface area contributed by atoms with Crippen molar-refractivity contribution in [2.75, 3.05) is 4.72 Å². The molecule has 1 aromatic carbocycles. The van der Waals surface area contributed by atoms with E-state index in [0.29, 0.717) is 12.0 Å². The standard InChI is InChI=1S/C12H11Cl2N3O2S/c1-2-8-7-11(15-16-12(8)14)17-20(18,19)10-6-4-3-5-9(10)13/h3-7H,2H2,1H3,(H,15,17). The normalized spacial score (nSPS) is 11.3. The van der Waals surface area contributed by atoms with Crippen LogP contribution >= 0.6 is 23.2 Å². The average Bonchev–Trinajstić information content (AvgIpc) is 2.41. The van der Waals surface area contributed by atoms with Crippen LogP contribution < -0.4 is 4.72 Å². The molecule has 0 aliphatic carbocycles. The number of aryl methyl sites for hydroxylation is 1. The lowest BCUT2D eigenvalue weighted by Gasteiger charge is -2.09. The Kier molecular flexibility index (Phi) is 4.47. The summed E-state index contributed by atoms with van der Waals surface area (Å²) in [5.74, 6) is 0.103. The molecule has 1 aromatic heterocycles. The van der Waals surface area contributed by atoms with E-state index in [2.05, 4.69) is 14.9 Å². The Bertz CT molecular complexity index is 735. The molecule has 0 radical (unpaired) electrons. The van der Waals surface area contributed by atoms with Crippen LogP contribution in [0, 0.1) is 0 Å². The second-order valence-corrected chi connectivity index (χ2v) is 6.35. The summed E-state index contributed by atoms with van der Waals surface area (Å²) in [5.41, 5.74) is 0.707. The molecule has 0 unspecified atom stereocenters. The lowest BCUT2D eigenvalue weighted by Crippen LogP contribution is -2.15. The number of halogens is 2. The lowest BCUT2D eigenvalue weighted by atomic mass is 10.2. The van der Waals surface area contributed by atoms with Crippen LogP contribution in [-0.4, -0.2) is 18.6 Å². The maximum atomic E-state index is 12.2. The first kappa shape index (κ1) is 15.0. The van der Waals surface area contributed by atoms with E-state index < -0.39 is 10.0 Å². The number of anilines is 1. The zero-order valence-electron chi connectivity index (χ0n) is 10.5. The number of nitrogens with one attached hydrogen (secondary N) is 1. The summed E-state index contributed by atoms with van der Waals surface area (Å²) in [6.07, 6.45) is 0.620. The molecular formula is C12H11Cl2N3O2S. The molecule has 0 spiro atoms. The number of hydrogen-bond donors (Lipinski definition) is 1. The SMILES string of the molecule is CCc1cc(NS(=O)(=O)c2ccccc2Cl)nnc1Cl. The predicted molar refractivity (Wildman–Crippen MR) is 78.7 cm³/mol. The van der Waals surface area contributed by atoms with Gasteiger partial charge in [0, 0.05) is 0 Å². The predicted octanol–water partition coefficient (Wildman–Crippen LogP) is 3.15. The number of sulfonamides is 1. The molecule has 2 aromatic rings. The maximum absolute atomic E-state index is 12.2. The van der Waals surface area contributed by atoms with Crippen LogP contribution in [0.2, 0.25) is 10.2 Å². The molecule has 8 heteroatoms. The first-order valence-electron chi connectivity index (χ1n) is 5.73. The van der Waals surface area contributed by atoms with Gasteiger partial charge in [-0.25, -0.2) is 8.42 Å². The number of nitrogens with zero attached hydrogens (tertiary/aromatic N) is 2. The summed E-state index contributed by atoms with van der Waals surface area (Å²) in [6.45, 7) is 1.88. The van der Waals surface area contributed by atoms with E-state index >= 15 is 0 Å². The van der Waals surface area contributed by atoms with Gasteiger partial charge in [0.25, 0.3) is 10.0 Å². The first-order chi connectivity index (χ1) is 9.44. The van der Waals surface area contributed by atoms with E-state index in [1.54, 1.807) is 18.2 Å². The molecule has 0 saturated heterocycles. The van der Waals surface area contributed by atoms with Crippen LogP contribution in [0.15, 0.2) is 35.2 Å². The topological polar surface area (TPSA) is 72.0 Å². The van der Waals surface area contributed by atoms with Crippen molar-refractivity contribution in [2.45, 2.75) is 18.2 Å². The highest BCUT2D eigenvalue weighted by molar-refractivity contribution is 7.92. The Morgan fingerprint density at radius 2 is 1.90 bits per heavy atom. The van der Waals surface area contributed by atoms with Gasteiger partial charge in [-0.1, -0.05) is 42.3 Å². The van der Waals surface area contributed by atoms with E-state index in [0.717, 1.165) is 0 Å². The van der Waals surface area contributed by atoms with Crippen LogP contribution in [0.25, 0.3) is 0 Å². The van der Waals surface area contributed by atoms with Crippen molar-refractivity contribution in [2.24, 2.45) is 0 Å². The molecule has 106 valence electrons. The Balaban J connectivity index is 2.36. The van der Waals surface area contributed by atoms with Crippen LogP contribution in [0.1, 0.15) is 12.5 Å². The smallest absolute Gasteiger partial charge is 0.262 e. The molecule has 0 bridgehead atoms. The summed E-state index contributed by atoms with van der Waals surface area (Å²) in [4.78, 5) is -0.0172. The van der Waals surface area contributed by atoms with Gasteiger partial charge in [-0.05, 0) is 30.2 Å². The summed E-state index contributed by atoms with van der Waals surface area (Å²) >= 11 is 11.7. The lowest BCUT2D eigenvalue weighted by molar-refractivity contribution is 0.601. The third-order valence-corrected chi connectivity index (χ3v) is 4.74. The summed E-state index contributed by atoms with van der Waals surface area (Å²) < 4.78 is 26.8. The number of hydrogen-bond acceptors (Lipinski definition) is 4. The Labute approximate surface area is 127 Å². The molecule has 0 fully saturated rings. The van der Waals surface area contributed by atoms with E-state index in [1.165, 1.54) is 12.1 Å². The van der Waals surface area contributed by atoms with Gasteiger partial charge in [-0.3, -0.25) is 4.72 Å². The van der Waals surface area contributed by atoms with E-state index in [1.807, 2.05) is 6.92 Å². The molecule has 20 heavy (non-hydrogen) atoms. The minimum Gasteiger partial charge on any atom is -0.262 e. The Hall–Kier alpha value is -1.37. The van der Waals surface area contributed by atoms with Gasteiger partial charge >= 0.3 is 0 Å². The fourth-order valence-corrected chi connectivity index (χ4v) is 3.30. The van der Waals surface area contributed by atoms with Crippen molar-refractivity contribution < 1.29 is 8.42 Å². The molecule has 0 amide bonds. The van der Waals surface area contributed by atoms with Gasteiger partial charge < -0.3 is 0 Å². The van der Waals surface area contributed by atoms with Gasteiger partial charge in [-0.15, -0.1) is 10.2 Å². The Morgan fingerprint density at radius 1 is 1.20 bits per heavy atom. The fourth-order valence-electron chi connectivity index (χ4n) is 1.57. The largest absolute Gasteiger partial charge is 0.264 e. The van der Waals surface area contributed by atoms with Gasteiger partial charge in [0.05, 0.1) is 5.02 Å². The third kappa shape index (κ3) is 3.20. The number of aromatic nitrogens is 2. The van der Waals surface area contributed by atoms with Gasteiger partial charge in [0.15, 0.2) is 11.0 Å². The van der Waals surface area contributed by atoms with E-state index in [-0.39, 0.29) is 20.9 Å². The Morgan fingerprint density at radius 3 is 2.55 bits per heavy atom. The highest BCUT2D eigenvalue weighted by Crippen LogP contribution is 2.23. The molecule has 1 heterocycles. The third-order valence-electron chi connectivity index (χ3n) is 2.57. The van der Waals surface area contributed by atoms with Crippen molar-refractivity contribution in [3.05, 3.63) is 46.1 Å². The zero-order chi connectivity index (χ0) is 14.8. The molecule has 0 aliphatic heterocycles. The van der Waals surface area contributed by atoms with Crippen LogP contribution in [0.3, 0.4) is 0 Å². The molecule has 1 N–H and O–H groups in total. The van der Waals surface area contributed by atoms with E-state index in [9.17, 15) is 8.42 Å². The fraction of sp³-hybridized carbons (Fsp3) is 0.167. The van der Waals surface area contributed by atoms with Crippen LogP contribution in [0.4, 0.5) is 5.82 Å². The van der Waals surface area contributed by atoms with Gasteiger partial charge in [0.2, 0.25) is 0 Å². The molecule has 5 nitrogen and oxygen atoms in total. The van der Waals surface area contributed by atoms with Crippen molar-refractivity contribution in [3.8, 4) is 0 Å². The summed E-state index contributed by atoms with van der Waals surface area (Å²) in [7, 11) is -3.81. The number of rotatable bonds is 4. The minimum absolute atomic E-state index is 0.0172. The second kappa shape index (κ2) is 5.95. The van der Waals surface area contributed by atoms with Crippen molar-refractivity contribution in [1.82, 2.24) is 10.2 Å². The van der Waals surface area contributed by atoms with Crippen molar-refractivity contribution in [3.63, 3.8) is 0 Å². The molecule has 2 rings (SSSR count). The van der Waals surface area contributed by atoms with E-state index in [4.69, 9.17) is 23.2 Å². The molecule has 0 aliphatic rings. The van der Waals surface area contributed by atoms with Crippen molar-refractivity contribution in [1.29, 1.82) is 0 Å². The summed E-state index contributed by atoms with van der Waals surface area (Å²) in [6, 6.07) is 7.70. The molecule has 0 atom stereocenters. The second-order valence-electron chi connectivity index (χ2n) is 3.94. The van der Waals surface area contributed by atoms with Gasteiger partial charge in [-0.2, -0.15) is 0 Å². The highest BCUT2D eigenvalue weighted by Gasteiger charge is 2.18. The van der Waals surface area contributed by atoms with Gasteiger partial charge in [0.1, 0.15) is 4.90 Å². The maximum Gasteiger partial charge on any atom is 0.264 e. The molecule has 0 saturated carbocycles. The first-order valence-corrected chi connectivity index (χ1v) is 7.97. The average molecular weight is 332 g/mol.